The number of amides is 2. The number of thiophene rings is 1. The van der Waals surface area contributed by atoms with E-state index >= 15 is 0 Å². The molecule has 322 valence electrons. The molecule has 0 radical (unpaired) electrons. The zero-order chi connectivity index (χ0) is 42.4. The third-order valence-corrected chi connectivity index (χ3v) is 16.5. The number of imidazole rings is 1. The van der Waals surface area contributed by atoms with E-state index < -0.39 is 11.9 Å². The molecule has 1 saturated carbocycles. The molecule has 4 fully saturated rings. The van der Waals surface area contributed by atoms with Crippen molar-refractivity contribution in [3.8, 4) is 23.5 Å². The molecule has 62 heavy (non-hydrogen) atoms. The number of carbonyl (C=O) groups excluding carboxylic acids is 2. The van der Waals surface area contributed by atoms with Gasteiger partial charge in [-0.1, -0.05) is 5.16 Å². The van der Waals surface area contributed by atoms with Gasteiger partial charge in [0.15, 0.2) is 17.3 Å². The number of ether oxygens (including phenoxy) is 1. The molecule has 3 aliphatic heterocycles. The van der Waals surface area contributed by atoms with Crippen molar-refractivity contribution in [2.24, 2.45) is 17.9 Å². The molecule has 5 aromatic rings. The number of hydrogen-bond acceptors (Lipinski definition) is 13. The van der Waals surface area contributed by atoms with E-state index in [-0.39, 0.29) is 28.8 Å². The first kappa shape index (κ1) is 39.3. The minimum absolute atomic E-state index is 0.133. The van der Waals surface area contributed by atoms with Crippen molar-refractivity contribution in [3.63, 3.8) is 0 Å². The Labute approximate surface area is 363 Å². The summed E-state index contributed by atoms with van der Waals surface area (Å²) in [6.45, 7) is 5.77. The van der Waals surface area contributed by atoms with E-state index in [4.69, 9.17) is 20.0 Å². The van der Waals surface area contributed by atoms with Gasteiger partial charge in [0, 0.05) is 66.9 Å². The first-order chi connectivity index (χ1) is 30.1. The highest BCUT2D eigenvalue weighted by atomic mass is 32.1. The zero-order valence-corrected chi connectivity index (χ0v) is 36.0. The van der Waals surface area contributed by atoms with E-state index in [0.717, 1.165) is 131 Å². The Morgan fingerprint density at radius 1 is 0.984 bits per heavy atom. The lowest BCUT2D eigenvalue weighted by molar-refractivity contribution is -0.135. The lowest BCUT2D eigenvalue weighted by Crippen LogP contribution is -2.48. The fourth-order valence-electron chi connectivity index (χ4n) is 11.7. The highest BCUT2D eigenvalue weighted by Gasteiger charge is 2.50. The number of nitrogens with two attached hydrogens (primary N) is 1. The minimum Gasteiger partial charge on any atom is -0.477 e. The van der Waals surface area contributed by atoms with E-state index in [1.165, 1.54) is 17.7 Å². The molecule has 0 bridgehead atoms. The van der Waals surface area contributed by atoms with Gasteiger partial charge < -0.3 is 24.8 Å². The van der Waals surface area contributed by atoms with E-state index in [9.17, 15) is 19.6 Å². The fraction of sp³-hybridized carbons (Fsp3) is 0.543. The molecule has 15 nitrogen and oxygen atoms in total. The topological polar surface area (TPSA) is 190 Å². The predicted octanol–water partition coefficient (Wildman–Crippen LogP) is 5.78. The van der Waals surface area contributed by atoms with Gasteiger partial charge in [0.25, 0.3) is 0 Å². The molecule has 1 aromatic carbocycles. The number of fused-ring (bicyclic) bond motifs is 5. The Balaban J connectivity index is 0.706. The van der Waals surface area contributed by atoms with Gasteiger partial charge in [0.1, 0.15) is 17.1 Å². The van der Waals surface area contributed by atoms with Gasteiger partial charge in [0.05, 0.1) is 28.6 Å². The highest BCUT2D eigenvalue weighted by molar-refractivity contribution is 7.16. The number of aromatic nitrogens is 5. The van der Waals surface area contributed by atoms with Crippen molar-refractivity contribution in [1.82, 2.24) is 34.5 Å². The number of aryl methyl sites for hydroxylation is 2. The summed E-state index contributed by atoms with van der Waals surface area (Å²) in [4.78, 5) is 53.5. The zero-order valence-electron chi connectivity index (χ0n) is 35.2. The van der Waals surface area contributed by atoms with Crippen LogP contribution in [0.3, 0.4) is 0 Å². The fourth-order valence-corrected chi connectivity index (χ4v) is 12.8. The van der Waals surface area contributed by atoms with Gasteiger partial charge in [-0.15, -0.1) is 11.3 Å². The maximum absolute atomic E-state index is 13.3. The molecule has 16 heteroatoms. The Hall–Kier alpha value is -5.53. The van der Waals surface area contributed by atoms with Crippen molar-refractivity contribution in [1.29, 1.82) is 5.26 Å². The number of hydrogen-bond donors (Lipinski definition) is 2. The number of nitriles is 1. The summed E-state index contributed by atoms with van der Waals surface area (Å²) in [5, 5.41) is 17.6. The van der Waals surface area contributed by atoms with Crippen LogP contribution in [0, 0.1) is 22.2 Å². The quantitative estimate of drug-likeness (QED) is 0.179. The normalized spacial score (nSPS) is 24.2. The SMILES string of the molecule is Cn1c(=O)n(C2CCC(=O)NC2=O)c2ccc(N3CCC4(CCN(CC5(COc6ccnc(-c7noc8c7CCC[C@@]87CCCc8sc(N)c(C#N)c87)n6)CC5)CC4)CC3)cc21. The molecular weight excluding hydrogens is 805 g/mol. The van der Waals surface area contributed by atoms with Crippen LogP contribution >= 0.6 is 11.3 Å². The maximum Gasteiger partial charge on any atom is 0.329 e. The minimum atomic E-state index is -0.685. The second kappa shape index (κ2) is 14.8. The molecule has 4 aromatic heterocycles. The number of rotatable bonds is 8. The number of nitrogens with one attached hydrogen (secondary N) is 1. The van der Waals surface area contributed by atoms with Crippen molar-refractivity contribution in [2.45, 2.75) is 101 Å². The first-order valence-corrected chi connectivity index (χ1v) is 23.2. The Bertz CT molecular complexity index is 2720. The van der Waals surface area contributed by atoms with Crippen LogP contribution in [0.15, 0.2) is 39.8 Å². The molecule has 6 aliphatic rings. The lowest BCUT2D eigenvalue weighted by Gasteiger charge is -2.48. The number of anilines is 2. The molecule has 3 saturated heterocycles. The van der Waals surface area contributed by atoms with Gasteiger partial charge in [-0.25, -0.2) is 9.78 Å². The standard InChI is InChI=1S/C46H52N10O5S/c1-53-33-24-28(6-7-31(33)56(43(53)59)32-8-9-35(57)50-42(32)58)55-22-17-44(18-23-55)15-20-54(21-16-44)26-45(13-14-45)27-60-36-10-19-49-41(51-36)38-29-4-2-11-46(39(29)61-52-38)12-3-5-34-37(46)30(25-47)40(48)62-34/h6-7,10,19,24,32H,2-5,8-9,11-18,20-23,26-27,48H2,1H3,(H,50,57,58)/t32?,46-/m0/s1. The molecule has 11 rings (SSSR count). The Kier molecular flexibility index (Phi) is 9.38. The van der Waals surface area contributed by atoms with Gasteiger partial charge >= 0.3 is 5.69 Å². The summed E-state index contributed by atoms with van der Waals surface area (Å²) in [7, 11) is 1.75. The summed E-state index contributed by atoms with van der Waals surface area (Å²) in [5.41, 5.74) is 12.2. The first-order valence-electron chi connectivity index (χ1n) is 22.4. The van der Waals surface area contributed by atoms with Crippen LogP contribution in [-0.2, 0) is 34.9 Å². The number of likely N-dealkylation sites (tertiary alicyclic amines) is 1. The van der Waals surface area contributed by atoms with Crippen LogP contribution in [0.5, 0.6) is 5.88 Å². The van der Waals surface area contributed by atoms with Gasteiger partial charge in [0.2, 0.25) is 17.7 Å². The Morgan fingerprint density at radius 2 is 1.76 bits per heavy atom. The summed E-state index contributed by atoms with van der Waals surface area (Å²) in [6.07, 6.45) is 14.8. The number of piperidine rings is 3. The number of imide groups is 1. The average molecular weight is 857 g/mol. The number of nitrogens with zero attached hydrogens (tertiary/aromatic N) is 8. The monoisotopic (exact) mass is 856 g/mol. The van der Waals surface area contributed by atoms with Crippen LogP contribution in [0.4, 0.5) is 10.7 Å². The second-order valence-electron chi connectivity index (χ2n) is 19.0. The van der Waals surface area contributed by atoms with Gasteiger partial charge in [-0.2, -0.15) is 10.2 Å². The number of nitrogen functional groups attached to an aromatic ring is 1. The Morgan fingerprint density at radius 3 is 2.52 bits per heavy atom. The van der Waals surface area contributed by atoms with Crippen molar-refractivity contribution >= 4 is 44.9 Å². The molecule has 1 unspecified atom stereocenters. The van der Waals surface area contributed by atoms with Crippen LogP contribution in [0.1, 0.15) is 110 Å². The third kappa shape index (κ3) is 6.44. The predicted molar refractivity (Wildman–Crippen MR) is 233 cm³/mol. The summed E-state index contributed by atoms with van der Waals surface area (Å²) < 4.78 is 15.8. The van der Waals surface area contributed by atoms with Gasteiger partial charge in [-0.3, -0.25) is 24.0 Å². The summed E-state index contributed by atoms with van der Waals surface area (Å²) in [6, 6.07) is 9.66. The van der Waals surface area contributed by atoms with E-state index in [1.54, 1.807) is 33.7 Å². The van der Waals surface area contributed by atoms with E-state index in [0.29, 0.717) is 46.4 Å². The average Bonchev–Trinajstić information content (AvgIpc) is 3.63. The van der Waals surface area contributed by atoms with Crippen LogP contribution in [0.2, 0.25) is 0 Å². The van der Waals surface area contributed by atoms with E-state index in [1.807, 2.05) is 12.1 Å². The van der Waals surface area contributed by atoms with Crippen LogP contribution in [-0.4, -0.2) is 80.3 Å². The largest absolute Gasteiger partial charge is 0.477 e. The van der Waals surface area contributed by atoms with Crippen molar-refractivity contribution in [3.05, 3.63) is 68.3 Å². The lowest BCUT2D eigenvalue weighted by atomic mass is 9.63. The highest BCUT2D eigenvalue weighted by Crippen LogP contribution is 2.55. The van der Waals surface area contributed by atoms with Crippen molar-refractivity contribution < 1.29 is 18.8 Å². The van der Waals surface area contributed by atoms with Crippen molar-refractivity contribution in [2.75, 3.05) is 50.0 Å². The number of carbonyl (C=O) groups is 2. The van der Waals surface area contributed by atoms with Crippen LogP contribution < -0.4 is 26.4 Å². The maximum atomic E-state index is 13.3. The molecular formula is C46H52N10O5S. The summed E-state index contributed by atoms with van der Waals surface area (Å²) in [5.74, 6) is 1.21. The third-order valence-electron chi connectivity index (χ3n) is 15.4. The second-order valence-corrected chi connectivity index (χ2v) is 20.1. The summed E-state index contributed by atoms with van der Waals surface area (Å²) >= 11 is 1.55. The number of benzene rings is 1. The van der Waals surface area contributed by atoms with Crippen LogP contribution in [0.25, 0.3) is 22.6 Å². The van der Waals surface area contributed by atoms with E-state index in [2.05, 4.69) is 43.5 Å². The molecule has 2 amide bonds. The molecule has 3 N–H and O–H groups in total. The molecule has 7 heterocycles. The van der Waals surface area contributed by atoms with Gasteiger partial charge in [-0.05, 0) is 126 Å². The smallest absolute Gasteiger partial charge is 0.329 e. The molecule has 3 aliphatic carbocycles. The molecule has 2 atom stereocenters. The molecule has 2 spiro atoms.